The molecule has 1 aromatic rings. The van der Waals surface area contributed by atoms with Gasteiger partial charge in [0.25, 0.3) is 0 Å². The number of thioether (sulfide) groups is 1. The number of hydrogen-bond donors (Lipinski definition) is 0. The minimum absolute atomic E-state index is 0.505. The van der Waals surface area contributed by atoms with E-state index >= 15 is 0 Å². The van der Waals surface area contributed by atoms with Crippen molar-refractivity contribution in [3.05, 3.63) is 11.1 Å². The second-order valence-corrected chi connectivity index (χ2v) is 7.11. The summed E-state index contributed by atoms with van der Waals surface area (Å²) in [5, 5.41) is 1.02. The Hall–Kier alpha value is -0.430. The Morgan fingerprint density at radius 1 is 1.47 bits per heavy atom. The normalized spacial score (nSPS) is 21.5. The molecule has 1 aromatic heterocycles. The van der Waals surface area contributed by atoms with Crippen LogP contribution in [-0.2, 0) is 6.18 Å². The molecular formula is C12H17F3N2S2. The molecule has 0 aliphatic carbocycles. The summed E-state index contributed by atoms with van der Waals surface area (Å²) in [6, 6.07) is 0. The minimum Gasteiger partial charge on any atom is -0.347 e. The van der Waals surface area contributed by atoms with Crippen molar-refractivity contribution in [1.29, 1.82) is 0 Å². The smallest absolute Gasteiger partial charge is 0.347 e. The third kappa shape index (κ3) is 4.02. The van der Waals surface area contributed by atoms with Crippen LogP contribution < -0.4 is 4.90 Å². The average Bonchev–Trinajstić information content (AvgIpc) is 2.72. The van der Waals surface area contributed by atoms with E-state index in [0.717, 1.165) is 55.6 Å². The van der Waals surface area contributed by atoms with Crippen LogP contribution in [-0.4, -0.2) is 29.1 Å². The summed E-state index contributed by atoms with van der Waals surface area (Å²) in [5.74, 6) is 1.05. The monoisotopic (exact) mass is 310 g/mol. The number of alkyl halides is 3. The summed E-state index contributed by atoms with van der Waals surface area (Å²) in [5.41, 5.74) is 0. The highest BCUT2D eigenvalue weighted by atomic mass is 32.2. The summed E-state index contributed by atoms with van der Waals surface area (Å²) in [7, 11) is 0. The molecule has 1 aliphatic heterocycles. The van der Waals surface area contributed by atoms with Crippen molar-refractivity contribution in [3.8, 4) is 0 Å². The van der Waals surface area contributed by atoms with Crippen LogP contribution >= 0.6 is 23.1 Å². The van der Waals surface area contributed by atoms with E-state index in [1.54, 1.807) is 0 Å². The van der Waals surface area contributed by atoms with Crippen molar-refractivity contribution in [2.45, 2.75) is 37.6 Å². The molecule has 1 aliphatic rings. The van der Waals surface area contributed by atoms with Crippen molar-refractivity contribution >= 4 is 28.2 Å². The van der Waals surface area contributed by atoms with Gasteiger partial charge in [0.05, 0.1) is 6.20 Å². The quantitative estimate of drug-likeness (QED) is 0.829. The molecule has 0 radical (unpaired) electrons. The highest BCUT2D eigenvalue weighted by molar-refractivity contribution is 7.99. The van der Waals surface area contributed by atoms with Gasteiger partial charge in [0.1, 0.15) is 4.88 Å². The van der Waals surface area contributed by atoms with E-state index in [-0.39, 0.29) is 0 Å². The zero-order chi connectivity index (χ0) is 13.9. The first-order valence-electron chi connectivity index (χ1n) is 6.40. The lowest BCUT2D eigenvalue weighted by Crippen LogP contribution is -2.29. The van der Waals surface area contributed by atoms with Crippen molar-refractivity contribution in [2.24, 2.45) is 0 Å². The van der Waals surface area contributed by atoms with Gasteiger partial charge in [-0.15, -0.1) is 0 Å². The zero-order valence-corrected chi connectivity index (χ0v) is 12.4. The van der Waals surface area contributed by atoms with E-state index < -0.39 is 11.1 Å². The van der Waals surface area contributed by atoms with Crippen LogP contribution in [0.3, 0.4) is 0 Å². The number of nitrogens with zero attached hydrogens (tertiary/aromatic N) is 2. The Morgan fingerprint density at radius 2 is 2.26 bits per heavy atom. The molecule has 1 fully saturated rings. The molecule has 19 heavy (non-hydrogen) atoms. The summed E-state index contributed by atoms with van der Waals surface area (Å²) in [6.45, 7) is 3.74. The highest BCUT2D eigenvalue weighted by Gasteiger charge is 2.34. The van der Waals surface area contributed by atoms with E-state index in [1.807, 2.05) is 16.7 Å². The van der Waals surface area contributed by atoms with Gasteiger partial charge < -0.3 is 4.90 Å². The molecule has 1 saturated heterocycles. The van der Waals surface area contributed by atoms with Crippen LogP contribution in [0, 0.1) is 0 Å². The van der Waals surface area contributed by atoms with E-state index in [0.29, 0.717) is 10.4 Å². The molecule has 0 amide bonds. The molecule has 0 aromatic carbocycles. The lowest BCUT2D eigenvalue weighted by Gasteiger charge is -2.23. The van der Waals surface area contributed by atoms with Crippen LogP contribution in [0.4, 0.5) is 18.3 Å². The van der Waals surface area contributed by atoms with Crippen molar-refractivity contribution in [1.82, 2.24) is 4.98 Å². The van der Waals surface area contributed by atoms with Crippen molar-refractivity contribution in [3.63, 3.8) is 0 Å². The molecule has 1 unspecified atom stereocenters. The summed E-state index contributed by atoms with van der Waals surface area (Å²) in [6.07, 6.45) is -0.00785. The molecule has 108 valence electrons. The number of aromatic nitrogens is 1. The van der Waals surface area contributed by atoms with Gasteiger partial charge in [0, 0.05) is 18.3 Å². The Bertz CT molecular complexity index is 406. The Kier molecular flexibility index (Phi) is 5.00. The molecule has 0 saturated carbocycles. The lowest BCUT2D eigenvalue weighted by atomic mass is 10.2. The topological polar surface area (TPSA) is 16.1 Å². The fraction of sp³-hybridized carbons (Fsp3) is 0.750. The van der Waals surface area contributed by atoms with Gasteiger partial charge in [-0.1, -0.05) is 24.7 Å². The number of hydrogen-bond acceptors (Lipinski definition) is 4. The second kappa shape index (κ2) is 6.35. The minimum atomic E-state index is -4.28. The van der Waals surface area contributed by atoms with Crippen LogP contribution in [0.25, 0.3) is 0 Å². The highest BCUT2D eigenvalue weighted by Crippen LogP contribution is 2.37. The molecule has 2 rings (SSSR count). The van der Waals surface area contributed by atoms with E-state index in [4.69, 9.17) is 0 Å². The lowest BCUT2D eigenvalue weighted by molar-refractivity contribution is -0.134. The third-order valence-corrected chi connectivity index (χ3v) is 5.37. The van der Waals surface area contributed by atoms with E-state index in [9.17, 15) is 13.2 Å². The maximum Gasteiger partial charge on any atom is 0.427 e. The van der Waals surface area contributed by atoms with Crippen LogP contribution in [0.1, 0.15) is 31.1 Å². The predicted octanol–water partition coefficient (Wildman–Crippen LogP) is 4.27. The molecular weight excluding hydrogens is 293 g/mol. The molecule has 2 nitrogen and oxygen atoms in total. The van der Waals surface area contributed by atoms with Crippen LogP contribution in [0.5, 0.6) is 0 Å². The van der Waals surface area contributed by atoms with Gasteiger partial charge >= 0.3 is 6.18 Å². The molecule has 2 heterocycles. The van der Waals surface area contributed by atoms with E-state index in [2.05, 4.69) is 11.9 Å². The van der Waals surface area contributed by atoms with Crippen LogP contribution in [0.2, 0.25) is 0 Å². The van der Waals surface area contributed by atoms with Crippen LogP contribution in [0.15, 0.2) is 6.20 Å². The third-order valence-electron chi connectivity index (χ3n) is 3.07. The number of rotatable bonds is 3. The molecule has 7 heteroatoms. The summed E-state index contributed by atoms with van der Waals surface area (Å²) >= 11 is 2.65. The first kappa shape index (κ1) is 15.0. The maximum atomic E-state index is 12.6. The zero-order valence-electron chi connectivity index (χ0n) is 10.7. The molecule has 0 bridgehead atoms. The standard InChI is InChI=1S/C12H17F3N2S2/c1-2-18-9-5-3-4-6-17(8-9)11-16-7-10(19-11)12(13,14)15/h7,9H,2-6,8H2,1H3. The average molecular weight is 310 g/mol. The fourth-order valence-corrected chi connectivity index (χ4v) is 4.10. The van der Waals surface area contributed by atoms with Gasteiger partial charge in [-0.2, -0.15) is 24.9 Å². The van der Waals surface area contributed by atoms with Crippen molar-refractivity contribution in [2.75, 3.05) is 23.7 Å². The van der Waals surface area contributed by atoms with E-state index in [1.165, 1.54) is 0 Å². The summed E-state index contributed by atoms with van der Waals surface area (Å²) in [4.78, 5) is 5.37. The number of anilines is 1. The SMILES string of the molecule is CCSC1CCCCN(c2ncc(C(F)(F)F)s2)C1. The Balaban J connectivity index is 2.09. The predicted molar refractivity (Wildman–Crippen MR) is 75.1 cm³/mol. The molecule has 0 N–H and O–H groups in total. The Morgan fingerprint density at radius 3 is 2.89 bits per heavy atom. The van der Waals surface area contributed by atoms with Gasteiger partial charge in [-0.25, -0.2) is 4.98 Å². The maximum absolute atomic E-state index is 12.6. The molecule has 0 spiro atoms. The fourth-order valence-electron chi connectivity index (χ4n) is 2.19. The number of thiazole rings is 1. The first-order chi connectivity index (χ1) is 9.00. The van der Waals surface area contributed by atoms with Gasteiger partial charge in [-0.3, -0.25) is 0 Å². The largest absolute Gasteiger partial charge is 0.427 e. The summed E-state index contributed by atoms with van der Waals surface area (Å²) < 4.78 is 37.8. The van der Waals surface area contributed by atoms with Crippen molar-refractivity contribution < 1.29 is 13.2 Å². The number of halogens is 3. The second-order valence-electron chi connectivity index (χ2n) is 4.52. The van der Waals surface area contributed by atoms with Gasteiger partial charge in [0.15, 0.2) is 5.13 Å². The van der Waals surface area contributed by atoms with Gasteiger partial charge in [-0.05, 0) is 18.6 Å². The molecule has 1 atom stereocenters. The first-order valence-corrected chi connectivity index (χ1v) is 8.26. The Labute approximate surface area is 119 Å². The van der Waals surface area contributed by atoms with Gasteiger partial charge in [0.2, 0.25) is 0 Å².